The van der Waals surface area contributed by atoms with E-state index in [0.29, 0.717) is 12.8 Å². The number of carbonyl (C=O) groups is 2. The Morgan fingerprint density at radius 1 is 1.38 bits per heavy atom. The van der Waals surface area contributed by atoms with Crippen molar-refractivity contribution >= 4 is 23.2 Å². The predicted octanol–water partition coefficient (Wildman–Crippen LogP) is 3.25. The van der Waals surface area contributed by atoms with Gasteiger partial charge in [0.15, 0.2) is 0 Å². The fraction of sp³-hybridized carbons (Fsp3) is 0.625. The number of aryl methyl sites for hydroxylation is 2. The van der Waals surface area contributed by atoms with Gasteiger partial charge in [-0.25, -0.2) is 0 Å². The molecule has 116 valence electrons. The Labute approximate surface area is 129 Å². The highest BCUT2D eigenvalue weighted by molar-refractivity contribution is 7.14. The van der Waals surface area contributed by atoms with Crippen LogP contribution in [-0.2, 0) is 17.6 Å². The summed E-state index contributed by atoms with van der Waals surface area (Å²) in [6.07, 6.45) is 5.02. The number of nitrogens with one attached hydrogen (secondary N) is 1. The molecule has 1 aromatic heterocycles. The van der Waals surface area contributed by atoms with Crippen molar-refractivity contribution in [1.82, 2.24) is 5.32 Å². The number of hydrogen-bond acceptors (Lipinski definition) is 3. The van der Waals surface area contributed by atoms with Crippen LogP contribution >= 0.6 is 11.3 Å². The van der Waals surface area contributed by atoms with Gasteiger partial charge in [-0.3, -0.25) is 9.59 Å². The molecule has 0 unspecified atom stereocenters. The zero-order valence-corrected chi connectivity index (χ0v) is 13.5. The van der Waals surface area contributed by atoms with Gasteiger partial charge in [-0.1, -0.05) is 20.3 Å². The minimum Gasteiger partial charge on any atom is -0.481 e. The first kappa shape index (κ1) is 16.0. The van der Waals surface area contributed by atoms with Crippen molar-refractivity contribution in [3.05, 3.63) is 21.4 Å². The Morgan fingerprint density at radius 2 is 2.14 bits per heavy atom. The SMILES string of the molecule is CCCc1sc(C(=O)N[C@H]2CC[C@@H](C(=O)O)C2)cc1CC. The van der Waals surface area contributed by atoms with Crippen LogP contribution in [0.5, 0.6) is 0 Å². The van der Waals surface area contributed by atoms with Gasteiger partial charge in [-0.2, -0.15) is 0 Å². The number of aliphatic carboxylic acids is 1. The maximum atomic E-state index is 12.3. The average molecular weight is 309 g/mol. The van der Waals surface area contributed by atoms with Crippen LogP contribution in [0.2, 0.25) is 0 Å². The molecule has 2 N–H and O–H groups in total. The lowest BCUT2D eigenvalue weighted by atomic mass is 10.1. The highest BCUT2D eigenvalue weighted by Crippen LogP contribution is 2.28. The van der Waals surface area contributed by atoms with Crippen molar-refractivity contribution in [1.29, 1.82) is 0 Å². The number of carboxylic acid groups (broad SMARTS) is 1. The largest absolute Gasteiger partial charge is 0.481 e. The van der Waals surface area contributed by atoms with E-state index in [1.807, 2.05) is 6.07 Å². The lowest BCUT2D eigenvalue weighted by Gasteiger charge is -2.11. The van der Waals surface area contributed by atoms with E-state index in [4.69, 9.17) is 5.11 Å². The third kappa shape index (κ3) is 3.84. The summed E-state index contributed by atoms with van der Waals surface area (Å²) in [6, 6.07) is 2.00. The number of carbonyl (C=O) groups excluding carboxylic acids is 1. The number of rotatable bonds is 6. The van der Waals surface area contributed by atoms with E-state index in [9.17, 15) is 9.59 Å². The van der Waals surface area contributed by atoms with E-state index >= 15 is 0 Å². The third-order valence-electron chi connectivity index (χ3n) is 4.10. The molecule has 1 aromatic rings. The van der Waals surface area contributed by atoms with Crippen molar-refractivity contribution in [3.8, 4) is 0 Å². The molecule has 1 amide bonds. The summed E-state index contributed by atoms with van der Waals surface area (Å²) in [5.74, 6) is -1.10. The number of thiophene rings is 1. The molecular formula is C16H23NO3S. The van der Waals surface area contributed by atoms with Gasteiger partial charge >= 0.3 is 5.97 Å². The molecule has 1 aliphatic carbocycles. The molecule has 0 bridgehead atoms. The second-order valence-corrected chi connectivity index (χ2v) is 6.82. The summed E-state index contributed by atoms with van der Waals surface area (Å²) in [5.41, 5.74) is 1.27. The van der Waals surface area contributed by atoms with Crippen LogP contribution in [0.4, 0.5) is 0 Å². The summed E-state index contributed by atoms with van der Waals surface area (Å²) < 4.78 is 0. The second-order valence-electron chi connectivity index (χ2n) is 5.68. The summed E-state index contributed by atoms with van der Waals surface area (Å²) in [4.78, 5) is 25.3. The second kappa shape index (κ2) is 7.07. The van der Waals surface area contributed by atoms with E-state index in [-0.39, 0.29) is 17.9 Å². The fourth-order valence-electron chi connectivity index (χ4n) is 2.91. The van der Waals surface area contributed by atoms with Crippen LogP contribution in [0.1, 0.15) is 59.6 Å². The zero-order valence-electron chi connectivity index (χ0n) is 12.6. The van der Waals surface area contributed by atoms with E-state index in [2.05, 4.69) is 19.2 Å². The minimum atomic E-state index is -0.749. The molecule has 0 spiro atoms. The molecule has 0 aliphatic heterocycles. The molecule has 1 fully saturated rings. The monoisotopic (exact) mass is 309 g/mol. The molecule has 5 heteroatoms. The molecule has 4 nitrogen and oxygen atoms in total. The Balaban J connectivity index is 1.99. The number of amides is 1. The van der Waals surface area contributed by atoms with E-state index in [0.717, 1.165) is 30.6 Å². The van der Waals surface area contributed by atoms with Crippen LogP contribution in [0, 0.1) is 5.92 Å². The van der Waals surface area contributed by atoms with Gasteiger partial charge in [-0.15, -0.1) is 11.3 Å². The van der Waals surface area contributed by atoms with Gasteiger partial charge in [0.1, 0.15) is 0 Å². The van der Waals surface area contributed by atoms with Gasteiger partial charge in [0.2, 0.25) is 0 Å². The van der Waals surface area contributed by atoms with Gasteiger partial charge in [0.05, 0.1) is 10.8 Å². The molecule has 21 heavy (non-hydrogen) atoms. The summed E-state index contributed by atoms with van der Waals surface area (Å²) in [6.45, 7) is 4.25. The average Bonchev–Trinajstić information content (AvgIpc) is 3.06. The zero-order chi connectivity index (χ0) is 15.4. The lowest BCUT2D eigenvalue weighted by Crippen LogP contribution is -2.32. The molecule has 0 saturated heterocycles. The topological polar surface area (TPSA) is 66.4 Å². The first-order chi connectivity index (χ1) is 10.0. The van der Waals surface area contributed by atoms with Crippen molar-refractivity contribution in [2.75, 3.05) is 0 Å². The standard InChI is InChI=1S/C16H23NO3S/c1-3-5-13-10(4-2)9-14(21-13)15(18)17-12-7-6-11(8-12)16(19)20/h9,11-12H,3-8H2,1-2H3,(H,17,18)(H,19,20)/t11-,12+/m1/s1. The van der Waals surface area contributed by atoms with Gasteiger partial charge in [0.25, 0.3) is 5.91 Å². The maximum Gasteiger partial charge on any atom is 0.306 e. The third-order valence-corrected chi connectivity index (χ3v) is 5.33. The lowest BCUT2D eigenvalue weighted by molar-refractivity contribution is -0.141. The highest BCUT2D eigenvalue weighted by atomic mass is 32.1. The fourth-order valence-corrected chi connectivity index (χ4v) is 4.17. The van der Waals surface area contributed by atoms with E-state index < -0.39 is 5.97 Å². The van der Waals surface area contributed by atoms with Gasteiger partial charge in [0, 0.05) is 10.9 Å². The van der Waals surface area contributed by atoms with Crippen molar-refractivity contribution in [2.24, 2.45) is 5.92 Å². The molecule has 2 rings (SSSR count). The molecule has 1 aliphatic rings. The Kier molecular flexibility index (Phi) is 5.39. The Morgan fingerprint density at radius 3 is 2.71 bits per heavy atom. The number of carboxylic acids is 1. The molecular weight excluding hydrogens is 286 g/mol. The highest BCUT2D eigenvalue weighted by Gasteiger charge is 2.31. The first-order valence-electron chi connectivity index (χ1n) is 7.70. The maximum absolute atomic E-state index is 12.3. The molecule has 1 saturated carbocycles. The predicted molar refractivity (Wildman–Crippen MR) is 83.9 cm³/mol. The molecule has 2 atom stereocenters. The van der Waals surface area contributed by atoms with Gasteiger partial charge < -0.3 is 10.4 Å². The van der Waals surface area contributed by atoms with Crippen LogP contribution in [0.25, 0.3) is 0 Å². The first-order valence-corrected chi connectivity index (χ1v) is 8.52. The minimum absolute atomic E-state index is 0.000372. The van der Waals surface area contributed by atoms with Gasteiger partial charge in [-0.05, 0) is 43.7 Å². The molecule has 0 radical (unpaired) electrons. The quantitative estimate of drug-likeness (QED) is 0.847. The van der Waals surface area contributed by atoms with Crippen molar-refractivity contribution in [2.45, 2.75) is 58.4 Å². The van der Waals surface area contributed by atoms with Crippen molar-refractivity contribution in [3.63, 3.8) is 0 Å². The number of hydrogen-bond donors (Lipinski definition) is 2. The summed E-state index contributed by atoms with van der Waals surface area (Å²) >= 11 is 1.58. The van der Waals surface area contributed by atoms with Crippen LogP contribution < -0.4 is 5.32 Å². The molecule has 1 heterocycles. The van der Waals surface area contributed by atoms with E-state index in [1.165, 1.54) is 10.4 Å². The Hall–Kier alpha value is -1.36. The summed E-state index contributed by atoms with van der Waals surface area (Å²) in [5, 5.41) is 12.0. The smallest absolute Gasteiger partial charge is 0.306 e. The normalized spacial score (nSPS) is 21.4. The van der Waals surface area contributed by atoms with Crippen LogP contribution in [-0.4, -0.2) is 23.0 Å². The van der Waals surface area contributed by atoms with Crippen molar-refractivity contribution < 1.29 is 14.7 Å². The molecule has 0 aromatic carbocycles. The summed E-state index contributed by atoms with van der Waals surface area (Å²) in [7, 11) is 0. The van der Waals surface area contributed by atoms with Crippen LogP contribution in [0.3, 0.4) is 0 Å². The van der Waals surface area contributed by atoms with Crippen LogP contribution in [0.15, 0.2) is 6.07 Å². The Bertz CT molecular complexity index is 524. The van der Waals surface area contributed by atoms with E-state index in [1.54, 1.807) is 11.3 Å².